The number of aromatic nitrogens is 1. The molecule has 2 aromatic carbocycles. The van der Waals surface area contributed by atoms with Gasteiger partial charge in [0.1, 0.15) is 29.0 Å². The number of carbonyl (C=O) groups excluding carboxylic acids is 1. The zero-order chi connectivity index (χ0) is 26.0. The Morgan fingerprint density at radius 2 is 1.95 bits per heavy atom. The van der Waals surface area contributed by atoms with Gasteiger partial charge in [0.05, 0.1) is 17.8 Å². The molecule has 1 amide bonds. The zero-order valence-electron chi connectivity index (χ0n) is 20.1. The highest BCUT2D eigenvalue weighted by Gasteiger charge is 2.36. The van der Waals surface area contributed by atoms with E-state index in [-0.39, 0.29) is 42.9 Å². The lowest BCUT2D eigenvalue weighted by Crippen LogP contribution is -2.47. The number of benzene rings is 2. The molecule has 2 aliphatic rings. The molecule has 3 aromatic rings. The lowest BCUT2D eigenvalue weighted by molar-refractivity contribution is -0.0249. The maximum atomic E-state index is 13.9. The predicted octanol–water partition coefficient (Wildman–Crippen LogP) is 2.98. The Morgan fingerprint density at radius 3 is 2.68 bits per heavy atom. The van der Waals surface area contributed by atoms with Crippen LogP contribution in [0.2, 0.25) is 5.02 Å². The summed E-state index contributed by atoms with van der Waals surface area (Å²) in [4.78, 5) is 15.2. The van der Waals surface area contributed by atoms with Gasteiger partial charge in [0.2, 0.25) is 10.0 Å². The van der Waals surface area contributed by atoms with Crippen LogP contribution in [-0.2, 0) is 19.5 Å². The number of morpholine rings is 1. The number of H-pyrrole nitrogens is 1. The van der Waals surface area contributed by atoms with Crippen LogP contribution in [-0.4, -0.2) is 75.3 Å². The van der Waals surface area contributed by atoms with Gasteiger partial charge in [-0.1, -0.05) is 29.8 Å². The van der Waals surface area contributed by atoms with Crippen molar-refractivity contribution in [2.75, 3.05) is 44.8 Å². The molecule has 0 saturated carbocycles. The quantitative estimate of drug-likeness (QED) is 0.393. The SMILES string of the molecule is NC(=O)c1[nH]c2c(NC3CCOCC3)cc(Cl)cc2c1S(=O)(=O)N1CCOC(COc2ccccc2)C1. The number of primary amides is 1. The van der Waals surface area contributed by atoms with Crippen LogP contribution >= 0.6 is 11.6 Å². The van der Waals surface area contributed by atoms with E-state index in [0.717, 1.165) is 12.8 Å². The number of aromatic amines is 1. The monoisotopic (exact) mass is 548 g/mol. The molecule has 10 nitrogen and oxygen atoms in total. The summed E-state index contributed by atoms with van der Waals surface area (Å²) >= 11 is 6.42. The number of halogens is 1. The van der Waals surface area contributed by atoms with E-state index in [1.165, 1.54) is 10.4 Å². The molecule has 37 heavy (non-hydrogen) atoms. The van der Waals surface area contributed by atoms with Crippen molar-refractivity contribution in [3.8, 4) is 5.75 Å². The summed E-state index contributed by atoms with van der Waals surface area (Å²) in [6.07, 6.45) is 1.10. The summed E-state index contributed by atoms with van der Waals surface area (Å²) in [6.45, 7) is 1.82. The summed E-state index contributed by atoms with van der Waals surface area (Å²) in [5.41, 5.74) is 6.53. The number of rotatable bonds is 8. The van der Waals surface area contributed by atoms with E-state index in [9.17, 15) is 13.2 Å². The minimum absolute atomic E-state index is 0.0633. The molecule has 5 rings (SSSR count). The third kappa shape index (κ3) is 5.55. The van der Waals surface area contributed by atoms with Crippen LogP contribution in [0.5, 0.6) is 5.75 Å². The third-order valence-electron chi connectivity index (χ3n) is 6.53. The second-order valence-electron chi connectivity index (χ2n) is 9.08. The molecule has 1 aromatic heterocycles. The normalized spacial score (nSPS) is 19.6. The molecule has 0 aliphatic carbocycles. The molecule has 0 spiro atoms. The lowest BCUT2D eigenvalue weighted by Gasteiger charge is -2.32. The van der Waals surface area contributed by atoms with Crippen LogP contribution in [0.25, 0.3) is 10.9 Å². The van der Waals surface area contributed by atoms with Crippen molar-refractivity contribution in [2.45, 2.75) is 29.9 Å². The van der Waals surface area contributed by atoms with E-state index in [1.54, 1.807) is 6.07 Å². The zero-order valence-corrected chi connectivity index (χ0v) is 21.7. The van der Waals surface area contributed by atoms with Gasteiger partial charge >= 0.3 is 0 Å². The van der Waals surface area contributed by atoms with Crippen molar-refractivity contribution in [3.05, 3.63) is 53.2 Å². The number of hydrogen-bond donors (Lipinski definition) is 3. The summed E-state index contributed by atoms with van der Waals surface area (Å²) in [6, 6.07) is 12.6. The Morgan fingerprint density at radius 1 is 1.19 bits per heavy atom. The summed E-state index contributed by atoms with van der Waals surface area (Å²) < 4.78 is 46.1. The van der Waals surface area contributed by atoms with Crippen LogP contribution in [0.1, 0.15) is 23.3 Å². The van der Waals surface area contributed by atoms with E-state index < -0.39 is 22.0 Å². The van der Waals surface area contributed by atoms with Gasteiger partial charge in [-0.2, -0.15) is 4.31 Å². The molecular formula is C25H29ClN4O6S. The van der Waals surface area contributed by atoms with E-state index >= 15 is 0 Å². The van der Waals surface area contributed by atoms with E-state index in [2.05, 4.69) is 10.3 Å². The molecule has 0 bridgehead atoms. The highest BCUT2D eigenvalue weighted by Crippen LogP contribution is 2.37. The molecule has 198 valence electrons. The van der Waals surface area contributed by atoms with Crippen molar-refractivity contribution >= 4 is 44.1 Å². The van der Waals surface area contributed by atoms with Gasteiger partial charge in [0.25, 0.3) is 5.91 Å². The number of fused-ring (bicyclic) bond motifs is 1. The van der Waals surface area contributed by atoms with Gasteiger partial charge < -0.3 is 30.2 Å². The number of para-hydroxylation sites is 1. The number of nitrogens with two attached hydrogens (primary N) is 1. The average Bonchev–Trinajstić information content (AvgIpc) is 3.30. The number of nitrogens with zero attached hydrogens (tertiary/aromatic N) is 1. The molecule has 3 heterocycles. The molecule has 0 radical (unpaired) electrons. The van der Waals surface area contributed by atoms with Crippen molar-refractivity contribution in [3.63, 3.8) is 0 Å². The number of anilines is 1. The van der Waals surface area contributed by atoms with Crippen molar-refractivity contribution in [2.24, 2.45) is 5.73 Å². The number of ether oxygens (including phenoxy) is 3. The minimum Gasteiger partial charge on any atom is -0.491 e. The summed E-state index contributed by atoms with van der Waals surface area (Å²) in [5, 5.41) is 4.06. The fraction of sp³-hybridized carbons (Fsp3) is 0.400. The first-order chi connectivity index (χ1) is 17.8. The Bertz CT molecular complexity index is 1370. The highest BCUT2D eigenvalue weighted by molar-refractivity contribution is 7.89. The maximum absolute atomic E-state index is 13.9. The van der Waals surface area contributed by atoms with Crippen molar-refractivity contribution in [1.29, 1.82) is 0 Å². The average molecular weight is 549 g/mol. The summed E-state index contributed by atoms with van der Waals surface area (Å²) in [5.74, 6) is -0.210. The van der Waals surface area contributed by atoms with Crippen LogP contribution in [0.4, 0.5) is 5.69 Å². The topological polar surface area (TPSA) is 136 Å². The number of carbonyl (C=O) groups is 1. The van der Waals surface area contributed by atoms with E-state index in [0.29, 0.717) is 40.6 Å². The number of nitrogens with one attached hydrogen (secondary N) is 2. The standard InChI is InChI=1S/C25H29ClN4O6S/c26-16-12-20-22(21(13-16)28-17-6-9-34-10-7-17)29-23(25(27)31)24(20)37(32,33)30-8-11-35-19(14-30)15-36-18-4-2-1-3-5-18/h1-5,12-13,17,19,28-29H,6-11,14-15H2,(H2,27,31). The molecule has 2 saturated heterocycles. The molecular weight excluding hydrogens is 520 g/mol. The van der Waals surface area contributed by atoms with Gasteiger partial charge in [-0.25, -0.2) is 8.42 Å². The van der Waals surface area contributed by atoms with Gasteiger partial charge in [0, 0.05) is 42.8 Å². The Labute approximate surface area is 220 Å². The van der Waals surface area contributed by atoms with Crippen LogP contribution in [0, 0.1) is 0 Å². The first-order valence-electron chi connectivity index (χ1n) is 12.1. The minimum atomic E-state index is -4.14. The third-order valence-corrected chi connectivity index (χ3v) is 8.70. The first kappa shape index (κ1) is 25.8. The fourth-order valence-corrected chi connectivity index (χ4v) is 6.70. The highest BCUT2D eigenvalue weighted by atomic mass is 35.5. The molecule has 4 N–H and O–H groups in total. The largest absolute Gasteiger partial charge is 0.491 e. The van der Waals surface area contributed by atoms with Crippen LogP contribution in [0.3, 0.4) is 0 Å². The molecule has 2 fully saturated rings. The molecule has 2 aliphatic heterocycles. The summed E-state index contributed by atoms with van der Waals surface area (Å²) in [7, 11) is -4.14. The van der Waals surface area contributed by atoms with Gasteiger partial charge in [-0.3, -0.25) is 4.79 Å². The second-order valence-corrected chi connectivity index (χ2v) is 11.4. The van der Waals surface area contributed by atoms with Crippen molar-refractivity contribution < 1.29 is 27.4 Å². The van der Waals surface area contributed by atoms with E-state index in [4.69, 9.17) is 31.5 Å². The van der Waals surface area contributed by atoms with Crippen LogP contribution in [0.15, 0.2) is 47.4 Å². The maximum Gasteiger partial charge on any atom is 0.266 e. The number of sulfonamides is 1. The van der Waals surface area contributed by atoms with E-state index in [1.807, 2.05) is 30.3 Å². The first-order valence-corrected chi connectivity index (χ1v) is 13.9. The van der Waals surface area contributed by atoms with Crippen LogP contribution < -0.4 is 15.8 Å². The molecule has 1 atom stereocenters. The molecule has 12 heteroatoms. The Hall–Kier alpha value is -2.83. The Balaban J connectivity index is 1.46. The van der Waals surface area contributed by atoms with Gasteiger partial charge in [0.15, 0.2) is 0 Å². The number of amides is 1. The smallest absolute Gasteiger partial charge is 0.266 e. The Kier molecular flexibility index (Phi) is 7.59. The lowest BCUT2D eigenvalue weighted by atomic mass is 10.1. The molecule has 1 unspecified atom stereocenters. The van der Waals surface area contributed by atoms with Crippen molar-refractivity contribution in [1.82, 2.24) is 9.29 Å². The number of hydrogen-bond acceptors (Lipinski definition) is 7. The predicted molar refractivity (Wildman–Crippen MR) is 140 cm³/mol. The second kappa shape index (κ2) is 10.9. The fourth-order valence-electron chi connectivity index (χ4n) is 4.70. The van der Waals surface area contributed by atoms with Gasteiger partial charge in [-0.15, -0.1) is 0 Å². The van der Waals surface area contributed by atoms with Gasteiger partial charge in [-0.05, 0) is 37.1 Å².